The summed E-state index contributed by atoms with van der Waals surface area (Å²) in [6.07, 6.45) is 0. The van der Waals surface area contributed by atoms with Gasteiger partial charge in [-0.25, -0.2) is 13.2 Å². The van der Waals surface area contributed by atoms with E-state index in [4.69, 9.17) is 10.5 Å². The first-order valence-corrected chi connectivity index (χ1v) is 5.63. The fourth-order valence-corrected chi connectivity index (χ4v) is 1.63. The Morgan fingerprint density at radius 1 is 1.00 bits per heavy atom. The molecule has 0 aromatic heterocycles. The van der Waals surface area contributed by atoms with Crippen molar-refractivity contribution in [3.63, 3.8) is 0 Å². The molecular weight excluding hydrogens is 255 g/mol. The van der Waals surface area contributed by atoms with Crippen LogP contribution in [0.1, 0.15) is 11.1 Å². The molecule has 5 heteroatoms. The largest absolute Gasteiger partial charge is 0.451 e. The molecule has 2 nitrogen and oxygen atoms in total. The molecule has 0 spiro atoms. The van der Waals surface area contributed by atoms with E-state index in [1.54, 1.807) is 0 Å². The molecule has 0 unspecified atom stereocenters. The van der Waals surface area contributed by atoms with Crippen LogP contribution >= 0.6 is 0 Å². The van der Waals surface area contributed by atoms with Gasteiger partial charge in [0, 0.05) is 6.54 Å². The maximum Gasteiger partial charge on any atom is 0.198 e. The summed E-state index contributed by atoms with van der Waals surface area (Å²) in [6, 6.07) is 6.06. The van der Waals surface area contributed by atoms with E-state index in [1.807, 2.05) is 0 Å². The van der Waals surface area contributed by atoms with Gasteiger partial charge in [0.2, 0.25) is 0 Å². The van der Waals surface area contributed by atoms with Crippen LogP contribution in [0.15, 0.2) is 30.3 Å². The lowest BCUT2D eigenvalue weighted by molar-refractivity contribution is 0.405. The molecule has 0 aliphatic carbocycles. The lowest BCUT2D eigenvalue weighted by Gasteiger charge is -2.10. The highest BCUT2D eigenvalue weighted by Crippen LogP contribution is 2.29. The van der Waals surface area contributed by atoms with E-state index in [1.165, 1.54) is 25.1 Å². The molecule has 0 aliphatic rings. The van der Waals surface area contributed by atoms with Gasteiger partial charge in [0.05, 0.1) is 0 Å². The minimum atomic E-state index is -0.845. The fourth-order valence-electron chi connectivity index (χ4n) is 1.63. The van der Waals surface area contributed by atoms with Gasteiger partial charge < -0.3 is 10.5 Å². The van der Waals surface area contributed by atoms with Crippen molar-refractivity contribution in [1.82, 2.24) is 0 Å². The molecule has 0 saturated heterocycles. The van der Waals surface area contributed by atoms with Gasteiger partial charge >= 0.3 is 0 Å². The molecule has 0 heterocycles. The summed E-state index contributed by atoms with van der Waals surface area (Å²) < 4.78 is 45.5. The summed E-state index contributed by atoms with van der Waals surface area (Å²) in [5.41, 5.74) is 5.97. The van der Waals surface area contributed by atoms with Gasteiger partial charge in [-0.05, 0) is 48.4 Å². The summed E-state index contributed by atoms with van der Waals surface area (Å²) in [4.78, 5) is 0. The summed E-state index contributed by atoms with van der Waals surface area (Å²) in [6.45, 7) is 1.57. The number of aryl methyl sites for hydroxylation is 1. The SMILES string of the molecule is Cc1cc(Oc2c(F)cc(CN)cc2F)ccc1F. The zero-order chi connectivity index (χ0) is 14.0. The number of benzene rings is 2. The Morgan fingerprint density at radius 3 is 2.16 bits per heavy atom. The first-order valence-electron chi connectivity index (χ1n) is 5.63. The maximum atomic E-state index is 13.7. The van der Waals surface area contributed by atoms with Crippen LogP contribution in [-0.2, 0) is 6.54 Å². The Balaban J connectivity index is 2.35. The number of hydrogen-bond acceptors (Lipinski definition) is 2. The van der Waals surface area contributed by atoms with Crippen LogP contribution < -0.4 is 10.5 Å². The second-order valence-electron chi connectivity index (χ2n) is 4.11. The van der Waals surface area contributed by atoms with Crippen LogP contribution in [0.5, 0.6) is 11.5 Å². The number of rotatable bonds is 3. The zero-order valence-corrected chi connectivity index (χ0v) is 10.2. The zero-order valence-electron chi connectivity index (χ0n) is 10.2. The van der Waals surface area contributed by atoms with Gasteiger partial charge in [0.1, 0.15) is 11.6 Å². The Kier molecular flexibility index (Phi) is 3.76. The molecule has 0 fully saturated rings. The Hall–Kier alpha value is -2.01. The standard InChI is InChI=1S/C14H12F3NO/c1-8-4-10(2-3-11(8)15)19-14-12(16)5-9(7-18)6-13(14)17/h2-6H,7,18H2,1H3. The van der Waals surface area contributed by atoms with Crippen molar-refractivity contribution in [1.29, 1.82) is 0 Å². The highest BCUT2D eigenvalue weighted by Gasteiger charge is 2.13. The average molecular weight is 267 g/mol. The Labute approximate surface area is 108 Å². The van der Waals surface area contributed by atoms with Gasteiger partial charge in [0.25, 0.3) is 0 Å². The molecule has 2 rings (SSSR count). The summed E-state index contributed by atoms with van der Waals surface area (Å²) >= 11 is 0. The average Bonchev–Trinajstić information content (AvgIpc) is 2.37. The van der Waals surface area contributed by atoms with Crippen molar-refractivity contribution in [2.24, 2.45) is 5.73 Å². The van der Waals surface area contributed by atoms with Crippen LogP contribution in [0.3, 0.4) is 0 Å². The molecule has 19 heavy (non-hydrogen) atoms. The minimum absolute atomic E-state index is 0.0315. The van der Waals surface area contributed by atoms with Crippen molar-refractivity contribution in [3.05, 3.63) is 58.9 Å². The molecule has 0 atom stereocenters. The summed E-state index contributed by atoms with van der Waals surface area (Å²) in [5.74, 6) is -2.46. The van der Waals surface area contributed by atoms with Crippen molar-refractivity contribution in [2.75, 3.05) is 0 Å². The van der Waals surface area contributed by atoms with Gasteiger partial charge in [-0.15, -0.1) is 0 Å². The topological polar surface area (TPSA) is 35.2 Å². The van der Waals surface area contributed by atoms with Gasteiger partial charge in [-0.2, -0.15) is 0 Å². The van der Waals surface area contributed by atoms with E-state index in [0.29, 0.717) is 11.1 Å². The second kappa shape index (κ2) is 5.32. The predicted molar refractivity (Wildman–Crippen MR) is 65.5 cm³/mol. The van der Waals surface area contributed by atoms with Crippen LogP contribution in [0.4, 0.5) is 13.2 Å². The quantitative estimate of drug-likeness (QED) is 0.921. The van der Waals surface area contributed by atoms with Gasteiger partial charge in [-0.3, -0.25) is 0 Å². The Morgan fingerprint density at radius 2 is 1.63 bits per heavy atom. The molecule has 0 aliphatic heterocycles. The van der Waals surface area contributed by atoms with E-state index < -0.39 is 23.2 Å². The predicted octanol–water partition coefficient (Wildman–Crippen LogP) is 3.66. The van der Waals surface area contributed by atoms with Crippen LogP contribution in [-0.4, -0.2) is 0 Å². The highest BCUT2D eigenvalue weighted by atomic mass is 19.1. The lowest BCUT2D eigenvalue weighted by atomic mass is 10.2. The molecule has 0 saturated carbocycles. The van der Waals surface area contributed by atoms with Gasteiger partial charge in [-0.1, -0.05) is 0 Å². The third kappa shape index (κ3) is 2.88. The molecule has 0 bridgehead atoms. The normalized spacial score (nSPS) is 10.6. The fraction of sp³-hybridized carbons (Fsp3) is 0.143. The highest BCUT2D eigenvalue weighted by molar-refractivity contribution is 5.37. The maximum absolute atomic E-state index is 13.7. The molecule has 0 radical (unpaired) electrons. The second-order valence-corrected chi connectivity index (χ2v) is 4.11. The monoisotopic (exact) mass is 267 g/mol. The lowest BCUT2D eigenvalue weighted by Crippen LogP contribution is -2.00. The van der Waals surface area contributed by atoms with Crippen molar-refractivity contribution < 1.29 is 17.9 Å². The molecule has 2 aromatic carbocycles. The van der Waals surface area contributed by atoms with Crippen LogP contribution in [0, 0.1) is 24.4 Å². The Bertz CT molecular complexity index is 591. The molecule has 2 aromatic rings. The van der Waals surface area contributed by atoms with Crippen molar-refractivity contribution >= 4 is 0 Å². The molecule has 100 valence electrons. The first-order chi connectivity index (χ1) is 9.01. The summed E-state index contributed by atoms with van der Waals surface area (Å²) in [5, 5.41) is 0. The summed E-state index contributed by atoms with van der Waals surface area (Å²) in [7, 11) is 0. The molecule has 0 amide bonds. The van der Waals surface area contributed by atoms with Gasteiger partial charge in [0.15, 0.2) is 17.4 Å². The third-order valence-corrected chi connectivity index (χ3v) is 2.64. The third-order valence-electron chi connectivity index (χ3n) is 2.64. The van der Waals surface area contributed by atoms with Crippen molar-refractivity contribution in [3.8, 4) is 11.5 Å². The van der Waals surface area contributed by atoms with E-state index >= 15 is 0 Å². The van der Waals surface area contributed by atoms with E-state index in [9.17, 15) is 13.2 Å². The number of ether oxygens (including phenoxy) is 1. The smallest absolute Gasteiger partial charge is 0.198 e. The number of halogens is 3. The van der Waals surface area contributed by atoms with E-state index in [0.717, 1.165) is 12.1 Å². The van der Waals surface area contributed by atoms with Crippen molar-refractivity contribution in [2.45, 2.75) is 13.5 Å². The number of nitrogens with two attached hydrogens (primary N) is 1. The number of hydrogen-bond donors (Lipinski definition) is 1. The molecular formula is C14H12F3NO. The van der Waals surface area contributed by atoms with Crippen LogP contribution in [0.25, 0.3) is 0 Å². The first kappa shape index (κ1) is 13.4. The van der Waals surface area contributed by atoms with E-state index in [-0.39, 0.29) is 12.3 Å². The minimum Gasteiger partial charge on any atom is -0.451 e. The van der Waals surface area contributed by atoms with Crippen LogP contribution in [0.2, 0.25) is 0 Å². The molecule has 2 N–H and O–H groups in total. The van der Waals surface area contributed by atoms with E-state index in [2.05, 4.69) is 0 Å².